The molecule has 2 amide bonds. The molecule has 2 heterocycles. The zero-order valence-electron chi connectivity index (χ0n) is 26.0. The highest BCUT2D eigenvalue weighted by atomic mass is 16.4. The van der Waals surface area contributed by atoms with Gasteiger partial charge in [0.15, 0.2) is 0 Å². The number of aromatic amines is 1. The average molecular weight is 599 g/mol. The molecule has 0 bridgehead atoms. The van der Waals surface area contributed by atoms with Gasteiger partial charge in [0.05, 0.1) is 12.5 Å². The number of carboxylic acids is 1. The van der Waals surface area contributed by atoms with Crippen LogP contribution in [0.1, 0.15) is 100 Å². The molecular formula is C35H42N4O5. The highest BCUT2D eigenvalue weighted by Gasteiger charge is 2.52. The maximum atomic E-state index is 14.4. The number of carboxylic acid groups (broad SMARTS) is 1. The predicted octanol–water partition coefficient (Wildman–Crippen LogP) is 5.66. The summed E-state index contributed by atoms with van der Waals surface area (Å²) < 4.78 is 0. The van der Waals surface area contributed by atoms with E-state index in [1.54, 1.807) is 24.4 Å². The van der Waals surface area contributed by atoms with Crippen LogP contribution in [0.3, 0.4) is 0 Å². The van der Waals surface area contributed by atoms with Crippen LogP contribution < -0.4 is 10.9 Å². The second-order valence-corrected chi connectivity index (χ2v) is 13.3. The van der Waals surface area contributed by atoms with E-state index in [1.807, 2.05) is 30.0 Å². The van der Waals surface area contributed by atoms with Gasteiger partial charge in [-0.25, -0.2) is 0 Å². The number of allylic oxidation sites excluding steroid dienone is 3. The van der Waals surface area contributed by atoms with Gasteiger partial charge in [0, 0.05) is 24.4 Å². The molecule has 1 aromatic heterocycles. The topological polar surface area (TPSA) is 132 Å². The fraction of sp³-hybridized carbons (Fsp3) is 0.457. The van der Waals surface area contributed by atoms with Crippen molar-refractivity contribution < 1.29 is 19.5 Å². The fourth-order valence-corrected chi connectivity index (χ4v) is 6.78. The molecule has 1 spiro atoms. The van der Waals surface area contributed by atoms with Crippen LogP contribution >= 0.6 is 0 Å². The zero-order valence-corrected chi connectivity index (χ0v) is 26.0. The van der Waals surface area contributed by atoms with E-state index in [0.29, 0.717) is 23.6 Å². The van der Waals surface area contributed by atoms with Gasteiger partial charge in [-0.3, -0.25) is 24.2 Å². The van der Waals surface area contributed by atoms with Crippen molar-refractivity contribution in [1.82, 2.24) is 15.2 Å². The van der Waals surface area contributed by atoms with E-state index in [1.165, 1.54) is 6.07 Å². The third kappa shape index (κ3) is 6.47. The third-order valence-corrected chi connectivity index (χ3v) is 9.40. The van der Waals surface area contributed by atoms with E-state index in [2.05, 4.69) is 37.1 Å². The molecule has 2 aromatic rings. The van der Waals surface area contributed by atoms with Gasteiger partial charge in [-0.15, -0.1) is 0 Å². The molecule has 3 N–H and O–H groups in total. The van der Waals surface area contributed by atoms with Crippen molar-refractivity contribution in [2.45, 2.75) is 84.3 Å². The maximum absolute atomic E-state index is 14.4. The van der Waals surface area contributed by atoms with Crippen molar-refractivity contribution in [3.63, 3.8) is 0 Å². The Bertz CT molecular complexity index is 1560. The van der Waals surface area contributed by atoms with Crippen molar-refractivity contribution in [2.24, 2.45) is 16.3 Å². The lowest BCUT2D eigenvalue weighted by Crippen LogP contribution is -2.51. The van der Waals surface area contributed by atoms with Crippen molar-refractivity contribution in [3.8, 4) is 0 Å². The molecule has 3 aliphatic rings. The zero-order chi connectivity index (χ0) is 31.6. The summed E-state index contributed by atoms with van der Waals surface area (Å²) in [6.45, 7) is 8.92. The molecule has 1 unspecified atom stereocenters. The summed E-state index contributed by atoms with van der Waals surface area (Å²) in [5.74, 6) is -0.830. The van der Waals surface area contributed by atoms with E-state index in [4.69, 9.17) is 10.1 Å². The molecule has 232 valence electrons. The van der Waals surface area contributed by atoms with Crippen LogP contribution in [0.25, 0.3) is 5.57 Å². The number of pyridine rings is 1. The first-order chi connectivity index (χ1) is 20.9. The van der Waals surface area contributed by atoms with Crippen LogP contribution in [0.15, 0.2) is 70.1 Å². The van der Waals surface area contributed by atoms with E-state index < -0.39 is 11.6 Å². The molecule has 1 aliphatic heterocycles. The van der Waals surface area contributed by atoms with E-state index in [9.17, 15) is 19.2 Å². The summed E-state index contributed by atoms with van der Waals surface area (Å²) in [7, 11) is 0. The SMILES string of the molecule is CC(c1ccc(C(=O)NCCC(=O)O)cc1)N1C(=O)C(C2=CC(c3ccc(=O)[nH]c3)=CCC2)=NC12CCC(C(C)(C)C)CC2. The fourth-order valence-electron chi connectivity index (χ4n) is 6.78. The second kappa shape index (κ2) is 12.4. The number of amides is 2. The van der Waals surface area contributed by atoms with E-state index >= 15 is 0 Å². The molecule has 1 atom stereocenters. The molecule has 5 rings (SSSR count). The first kappa shape index (κ1) is 31.2. The Morgan fingerprint density at radius 1 is 1.11 bits per heavy atom. The van der Waals surface area contributed by atoms with Gasteiger partial charge >= 0.3 is 5.97 Å². The number of nitrogens with one attached hydrogen (secondary N) is 2. The van der Waals surface area contributed by atoms with E-state index in [-0.39, 0.29) is 41.8 Å². The molecule has 0 saturated heterocycles. The summed E-state index contributed by atoms with van der Waals surface area (Å²) in [5.41, 5.74) is 4.02. The molecule has 9 nitrogen and oxygen atoms in total. The Morgan fingerprint density at radius 3 is 2.43 bits per heavy atom. The Kier molecular flexibility index (Phi) is 8.77. The average Bonchev–Trinajstić information content (AvgIpc) is 3.27. The quantitative estimate of drug-likeness (QED) is 0.361. The molecule has 1 aromatic carbocycles. The molecular weight excluding hydrogens is 556 g/mol. The Hall–Kier alpha value is -4.27. The monoisotopic (exact) mass is 598 g/mol. The lowest BCUT2D eigenvalue weighted by molar-refractivity contribution is -0.137. The highest BCUT2D eigenvalue weighted by Crippen LogP contribution is 2.49. The number of nitrogens with zero attached hydrogens (tertiary/aromatic N) is 2. The van der Waals surface area contributed by atoms with Crippen molar-refractivity contribution in [1.29, 1.82) is 0 Å². The molecule has 0 radical (unpaired) electrons. The Balaban J connectivity index is 1.43. The van der Waals surface area contributed by atoms with Gasteiger partial charge in [-0.1, -0.05) is 39.0 Å². The number of benzene rings is 1. The van der Waals surface area contributed by atoms with Crippen LogP contribution in [-0.4, -0.2) is 50.7 Å². The number of aliphatic imine (C=N–C) groups is 1. The van der Waals surface area contributed by atoms with Gasteiger partial charge in [-0.05, 0) is 103 Å². The van der Waals surface area contributed by atoms with Crippen molar-refractivity contribution in [2.75, 3.05) is 6.54 Å². The van der Waals surface area contributed by atoms with Crippen LogP contribution in [0.2, 0.25) is 0 Å². The maximum Gasteiger partial charge on any atom is 0.305 e. The standard InChI is InChI=1S/C35H42N4O5/c1-22(23-8-10-24(11-9-23)32(43)36-19-16-30(41)42)39-33(44)31(38-35(39)17-14-28(15-18-35)34(2,3)4)26-7-5-6-25(20-26)27-12-13-29(40)37-21-27/h6,8-13,20-22,28H,5,7,14-19H2,1-4H3,(H,36,43)(H,37,40)(H,41,42). The minimum atomic E-state index is -0.968. The van der Waals surface area contributed by atoms with Crippen LogP contribution in [0.4, 0.5) is 0 Å². The summed E-state index contributed by atoms with van der Waals surface area (Å²) >= 11 is 0. The number of aromatic nitrogens is 1. The second-order valence-electron chi connectivity index (χ2n) is 13.3. The largest absolute Gasteiger partial charge is 0.481 e. The van der Waals surface area contributed by atoms with Gasteiger partial charge in [-0.2, -0.15) is 0 Å². The van der Waals surface area contributed by atoms with Gasteiger partial charge in [0.2, 0.25) is 5.56 Å². The number of hydrogen-bond donors (Lipinski definition) is 3. The molecule has 9 heteroatoms. The number of H-pyrrole nitrogens is 1. The number of carbonyl (C=O) groups is 3. The summed E-state index contributed by atoms with van der Waals surface area (Å²) in [5, 5.41) is 11.5. The Morgan fingerprint density at radius 2 is 1.82 bits per heavy atom. The highest BCUT2D eigenvalue weighted by molar-refractivity contribution is 6.47. The lowest BCUT2D eigenvalue weighted by Gasteiger charge is -2.46. The van der Waals surface area contributed by atoms with Gasteiger partial charge < -0.3 is 20.3 Å². The molecule has 1 saturated carbocycles. The number of hydrogen-bond acceptors (Lipinski definition) is 5. The summed E-state index contributed by atoms with van der Waals surface area (Å²) in [6, 6.07) is 10.2. The van der Waals surface area contributed by atoms with E-state index in [0.717, 1.165) is 54.4 Å². The molecule has 1 fully saturated rings. The first-order valence-corrected chi connectivity index (χ1v) is 15.5. The first-order valence-electron chi connectivity index (χ1n) is 15.5. The molecule has 44 heavy (non-hydrogen) atoms. The third-order valence-electron chi connectivity index (χ3n) is 9.40. The van der Waals surface area contributed by atoms with Crippen molar-refractivity contribution >= 4 is 29.1 Å². The number of carbonyl (C=O) groups excluding carboxylic acids is 2. The normalized spacial score (nSPS) is 22.7. The van der Waals surface area contributed by atoms with Crippen LogP contribution in [0.5, 0.6) is 0 Å². The molecule has 2 aliphatic carbocycles. The number of rotatable bonds is 8. The smallest absolute Gasteiger partial charge is 0.305 e. The Labute approximate surface area is 258 Å². The summed E-state index contributed by atoms with van der Waals surface area (Å²) in [4.78, 5) is 59.3. The minimum Gasteiger partial charge on any atom is -0.481 e. The number of aliphatic carboxylic acids is 1. The van der Waals surface area contributed by atoms with Crippen LogP contribution in [0, 0.1) is 11.3 Å². The minimum absolute atomic E-state index is 0.0573. The van der Waals surface area contributed by atoms with Gasteiger partial charge in [0.1, 0.15) is 11.4 Å². The van der Waals surface area contributed by atoms with Crippen LogP contribution in [-0.2, 0) is 9.59 Å². The lowest BCUT2D eigenvalue weighted by atomic mass is 9.69. The van der Waals surface area contributed by atoms with Gasteiger partial charge in [0.25, 0.3) is 11.8 Å². The van der Waals surface area contributed by atoms with Crippen molar-refractivity contribution in [3.05, 3.63) is 87.4 Å². The predicted molar refractivity (Wildman–Crippen MR) is 170 cm³/mol. The summed E-state index contributed by atoms with van der Waals surface area (Å²) in [6.07, 6.45) is 10.7.